The lowest BCUT2D eigenvalue weighted by atomic mass is 10.1. The molecule has 1 unspecified atom stereocenters. The Bertz CT molecular complexity index is 192. The van der Waals surface area contributed by atoms with E-state index in [0.29, 0.717) is 6.04 Å². The van der Waals surface area contributed by atoms with E-state index in [1.165, 1.54) is 0 Å². The largest absolute Gasteiger partial charge is 0.312 e. The maximum Gasteiger partial charge on any atom is 0.0572 e. The van der Waals surface area contributed by atoms with Crippen LogP contribution < -0.4 is 5.32 Å². The van der Waals surface area contributed by atoms with Crippen molar-refractivity contribution in [1.29, 1.82) is 0 Å². The molecule has 1 aromatic rings. The molecule has 0 bridgehead atoms. The summed E-state index contributed by atoms with van der Waals surface area (Å²) in [7, 11) is 1.96. The second-order valence-corrected chi connectivity index (χ2v) is 2.50. The fourth-order valence-corrected chi connectivity index (χ4v) is 1.14. The lowest BCUT2D eigenvalue weighted by molar-refractivity contribution is 0.561. The van der Waals surface area contributed by atoms with Crippen LogP contribution in [-0.2, 0) is 0 Å². The molecule has 11 heavy (non-hydrogen) atoms. The molecule has 0 saturated heterocycles. The summed E-state index contributed by atoms with van der Waals surface area (Å²) in [6, 6.07) is 6.40. The Hall–Kier alpha value is -0.890. The molecule has 0 fully saturated rings. The van der Waals surface area contributed by atoms with Gasteiger partial charge in [0.15, 0.2) is 0 Å². The molecule has 0 aliphatic rings. The Morgan fingerprint density at radius 1 is 1.55 bits per heavy atom. The van der Waals surface area contributed by atoms with E-state index in [1.807, 2.05) is 31.4 Å². The molecule has 1 rings (SSSR count). The number of hydrogen-bond donors (Lipinski definition) is 1. The molecule has 60 valence electrons. The van der Waals surface area contributed by atoms with Crippen molar-refractivity contribution in [3.05, 3.63) is 30.1 Å². The fraction of sp³-hybridized carbons (Fsp3) is 0.444. The van der Waals surface area contributed by atoms with Crippen LogP contribution >= 0.6 is 0 Å². The van der Waals surface area contributed by atoms with Crippen LogP contribution in [0.3, 0.4) is 0 Å². The molecule has 1 N–H and O–H groups in total. The molecular formula is C9H14N2. The first-order chi connectivity index (χ1) is 5.38. The van der Waals surface area contributed by atoms with Gasteiger partial charge in [0.05, 0.1) is 5.69 Å². The summed E-state index contributed by atoms with van der Waals surface area (Å²) in [6.45, 7) is 2.15. The van der Waals surface area contributed by atoms with Crippen molar-refractivity contribution >= 4 is 0 Å². The number of nitrogens with one attached hydrogen (secondary N) is 1. The van der Waals surface area contributed by atoms with Crippen LogP contribution in [0.5, 0.6) is 0 Å². The topological polar surface area (TPSA) is 24.9 Å². The Balaban J connectivity index is 2.74. The number of rotatable bonds is 3. The molecule has 0 amide bonds. The zero-order valence-corrected chi connectivity index (χ0v) is 7.04. The van der Waals surface area contributed by atoms with Crippen molar-refractivity contribution in [1.82, 2.24) is 10.3 Å². The summed E-state index contributed by atoms with van der Waals surface area (Å²) in [5, 5.41) is 3.21. The smallest absolute Gasteiger partial charge is 0.0572 e. The van der Waals surface area contributed by atoms with Gasteiger partial charge in [-0.2, -0.15) is 0 Å². The molecule has 0 radical (unpaired) electrons. The van der Waals surface area contributed by atoms with Gasteiger partial charge in [-0.05, 0) is 25.6 Å². The molecule has 0 spiro atoms. The van der Waals surface area contributed by atoms with E-state index in [0.717, 1.165) is 12.1 Å². The molecule has 2 heteroatoms. The van der Waals surface area contributed by atoms with Gasteiger partial charge in [-0.3, -0.25) is 4.98 Å². The van der Waals surface area contributed by atoms with Gasteiger partial charge in [-0.15, -0.1) is 0 Å². The molecular weight excluding hydrogens is 136 g/mol. The lowest BCUT2D eigenvalue weighted by Crippen LogP contribution is -2.16. The highest BCUT2D eigenvalue weighted by atomic mass is 14.9. The number of aromatic nitrogens is 1. The number of nitrogens with zero attached hydrogens (tertiary/aromatic N) is 1. The van der Waals surface area contributed by atoms with E-state index in [1.54, 1.807) is 0 Å². The minimum absolute atomic E-state index is 0.399. The van der Waals surface area contributed by atoms with Crippen LogP contribution in [0.2, 0.25) is 0 Å². The highest BCUT2D eigenvalue weighted by molar-refractivity contribution is 5.07. The van der Waals surface area contributed by atoms with Gasteiger partial charge in [0, 0.05) is 12.2 Å². The SMILES string of the molecule is CCC(NC)c1ccccn1. The summed E-state index contributed by atoms with van der Waals surface area (Å²) >= 11 is 0. The van der Waals surface area contributed by atoms with E-state index in [2.05, 4.69) is 17.2 Å². The zero-order chi connectivity index (χ0) is 8.10. The molecule has 0 saturated carbocycles. The van der Waals surface area contributed by atoms with Crippen LogP contribution in [0.1, 0.15) is 25.1 Å². The predicted molar refractivity (Wildman–Crippen MR) is 46.3 cm³/mol. The standard InChI is InChI=1S/C9H14N2/c1-3-8(10-2)9-6-4-5-7-11-9/h4-8,10H,3H2,1-2H3. The van der Waals surface area contributed by atoms with E-state index in [4.69, 9.17) is 0 Å². The van der Waals surface area contributed by atoms with Crippen molar-refractivity contribution in [2.24, 2.45) is 0 Å². The maximum atomic E-state index is 4.26. The van der Waals surface area contributed by atoms with Gasteiger partial charge in [0.2, 0.25) is 0 Å². The Morgan fingerprint density at radius 3 is 2.82 bits per heavy atom. The average molecular weight is 150 g/mol. The summed E-state index contributed by atoms with van der Waals surface area (Å²) < 4.78 is 0. The first-order valence-electron chi connectivity index (χ1n) is 3.96. The first kappa shape index (κ1) is 8.21. The van der Waals surface area contributed by atoms with Crippen molar-refractivity contribution in [3.8, 4) is 0 Å². The van der Waals surface area contributed by atoms with Crippen LogP contribution in [0, 0.1) is 0 Å². The second kappa shape index (κ2) is 4.09. The summed E-state index contributed by atoms with van der Waals surface area (Å²) in [5.74, 6) is 0. The van der Waals surface area contributed by atoms with E-state index in [-0.39, 0.29) is 0 Å². The normalized spacial score (nSPS) is 12.9. The molecule has 0 aliphatic heterocycles. The molecule has 0 aromatic carbocycles. The Labute approximate surface area is 67.7 Å². The Kier molecular flexibility index (Phi) is 3.05. The molecule has 2 nitrogen and oxygen atoms in total. The fourth-order valence-electron chi connectivity index (χ4n) is 1.14. The predicted octanol–water partition coefficient (Wildman–Crippen LogP) is 1.75. The number of hydrogen-bond acceptors (Lipinski definition) is 2. The van der Waals surface area contributed by atoms with Crippen LogP contribution in [0.25, 0.3) is 0 Å². The van der Waals surface area contributed by atoms with Gasteiger partial charge in [-0.25, -0.2) is 0 Å². The van der Waals surface area contributed by atoms with Gasteiger partial charge < -0.3 is 5.32 Å². The van der Waals surface area contributed by atoms with Gasteiger partial charge in [0.1, 0.15) is 0 Å². The highest BCUT2D eigenvalue weighted by Crippen LogP contribution is 2.11. The summed E-state index contributed by atoms with van der Waals surface area (Å²) in [5.41, 5.74) is 1.12. The molecule has 1 aromatic heterocycles. The van der Waals surface area contributed by atoms with Crippen molar-refractivity contribution in [3.63, 3.8) is 0 Å². The van der Waals surface area contributed by atoms with E-state index >= 15 is 0 Å². The second-order valence-electron chi connectivity index (χ2n) is 2.50. The minimum atomic E-state index is 0.399. The Morgan fingerprint density at radius 2 is 2.36 bits per heavy atom. The third kappa shape index (κ3) is 2.02. The van der Waals surface area contributed by atoms with Gasteiger partial charge in [0.25, 0.3) is 0 Å². The maximum absolute atomic E-state index is 4.26. The van der Waals surface area contributed by atoms with Gasteiger partial charge >= 0.3 is 0 Å². The van der Waals surface area contributed by atoms with Crippen LogP contribution in [0.15, 0.2) is 24.4 Å². The van der Waals surface area contributed by atoms with Crippen molar-refractivity contribution < 1.29 is 0 Å². The number of pyridine rings is 1. The van der Waals surface area contributed by atoms with Crippen molar-refractivity contribution in [2.45, 2.75) is 19.4 Å². The zero-order valence-electron chi connectivity index (χ0n) is 7.04. The molecule has 1 heterocycles. The quantitative estimate of drug-likeness (QED) is 0.710. The third-order valence-corrected chi connectivity index (χ3v) is 1.80. The summed E-state index contributed by atoms with van der Waals surface area (Å²) in [4.78, 5) is 4.26. The minimum Gasteiger partial charge on any atom is -0.312 e. The summed E-state index contributed by atoms with van der Waals surface area (Å²) in [6.07, 6.45) is 2.91. The third-order valence-electron chi connectivity index (χ3n) is 1.80. The van der Waals surface area contributed by atoms with Gasteiger partial charge in [-0.1, -0.05) is 13.0 Å². The van der Waals surface area contributed by atoms with Crippen LogP contribution in [-0.4, -0.2) is 12.0 Å². The van der Waals surface area contributed by atoms with Crippen LogP contribution in [0.4, 0.5) is 0 Å². The average Bonchev–Trinajstić information content (AvgIpc) is 2.09. The molecule has 1 atom stereocenters. The van der Waals surface area contributed by atoms with Crippen molar-refractivity contribution in [2.75, 3.05) is 7.05 Å². The van der Waals surface area contributed by atoms with E-state index < -0.39 is 0 Å². The van der Waals surface area contributed by atoms with E-state index in [9.17, 15) is 0 Å². The molecule has 0 aliphatic carbocycles. The highest BCUT2D eigenvalue weighted by Gasteiger charge is 2.05. The first-order valence-corrected chi connectivity index (χ1v) is 3.96. The monoisotopic (exact) mass is 150 g/mol. The lowest BCUT2D eigenvalue weighted by Gasteiger charge is -2.11.